The van der Waals surface area contributed by atoms with Crippen molar-refractivity contribution in [2.75, 3.05) is 32.8 Å². The zero-order chi connectivity index (χ0) is 25.0. The van der Waals surface area contributed by atoms with E-state index >= 15 is 0 Å². The van der Waals surface area contributed by atoms with Crippen molar-refractivity contribution in [1.29, 1.82) is 0 Å². The van der Waals surface area contributed by atoms with Crippen LogP contribution in [0.3, 0.4) is 0 Å². The third-order valence-electron chi connectivity index (χ3n) is 7.38. The first-order valence-corrected chi connectivity index (χ1v) is 12.4. The first-order chi connectivity index (χ1) is 17.5. The number of para-hydroxylation sites is 1. The van der Waals surface area contributed by atoms with E-state index in [1.165, 1.54) is 36.4 Å². The van der Waals surface area contributed by atoms with E-state index in [2.05, 4.69) is 0 Å². The van der Waals surface area contributed by atoms with Crippen LogP contribution in [-0.4, -0.2) is 49.5 Å². The van der Waals surface area contributed by atoms with Crippen molar-refractivity contribution < 1.29 is 32.3 Å². The second-order valence-corrected chi connectivity index (χ2v) is 9.71. The number of carbonyl (C=O) groups is 1. The molecule has 0 unspecified atom stereocenters. The molecule has 1 atom stereocenters. The molecule has 188 valence electrons. The Bertz CT molecular complexity index is 1140. The molecular weight excluding hydrogens is 464 g/mol. The molecule has 0 spiro atoms. The Hall–Kier alpha value is -3.45. The fourth-order valence-corrected chi connectivity index (χ4v) is 5.46. The Kier molecular flexibility index (Phi) is 7.18. The minimum atomic E-state index is -0.979. The lowest BCUT2D eigenvalue weighted by Crippen LogP contribution is -2.65. The summed E-state index contributed by atoms with van der Waals surface area (Å²) in [6, 6.07) is 21.3. The maximum absolute atomic E-state index is 13.9. The monoisotopic (exact) mass is 494 g/mol. The predicted octanol–water partition coefficient (Wildman–Crippen LogP) is 5.90. The lowest BCUT2D eigenvalue weighted by molar-refractivity contribution is -0.946. The van der Waals surface area contributed by atoms with Gasteiger partial charge in [-0.2, -0.15) is 0 Å². The van der Waals surface area contributed by atoms with Gasteiger partial charge in [0.15, 0.2) is 12.2 Å². The highest BCUT2D eigenvalue weighted by Gasteiger charge is 2.48. The van der Waals surface area contributed by atoms with E-state index in [0.29, 0.717) is 24.3 Å². The summed E-state index contributed by atoms with van der Waals surface area (Å²) < 4.78 is 46.2. The second-order valence-electron chi connectivity index (χ2n) is 9.71. The molecule has 0 aromatic heterocycles. The van der Waals surface area contributed by atoms with Crippen LogP contribution in [0.2, 0.25) is 0 Å². The third kappa shape index (κ3) is 5.68. The highest BCUT2D eigenvalue weighted by Crippen LogP contribution is 2.36. The number of hydrogen-bond acceptors (Lipinski definition) is 4. The molecule has 3 aromatic carbocycles. The molecule has 0 amide bonds. The van der Waals surface area contributed by atoms with Gasteiger partial charge < -0.3 is 18.7 Å². The largest absolute Gasteiger partial charge is 0.509 e. The summed E-state index contributed by atoms with van der Waals surface area (Å²) in [4.78, 5) is 13.0. The summed E-state index contributed by atoms with van der Waals surface area (Å²) in [6.07, 6.45) is -0.128. The van der Waals surface area contributed by atoms with Gasteiger partial charge in [0, 0.05) is 29.9 Å². The maximum Gasteiger partial charge on any atom is 0.509 e. The van der Waals surface area contributed by atoms with Crippen molar-refractivity contribution in [2.45, 2.75) is 25.0 Å². The number of piperidine rings is 3. The zero-order valence-corrected chi connectivity index (χ0v) is 20.0. The minimum Gasteiger partial charge on any atom is -0.488 e. The van der Waals surface area contributed by atoms with Gasteiger partial charge in [-0.1, -0.05) is 42.5 Å². The summed E-state index contributed by atoms with van der Waals surface area (Å²) in [5.41, 5.74) is 0.820. The molecule has 5 nitrogen and oxygen atoms in total. The van der Waals surface area contributed by atoms with Crippen LogP contribution in [0.4, 0.5) is 13.6 Å². The molecule has 3 saturated heterocycles. The molecule has 3 aromatic rings. The summed E-state index contributed by atoms with van der Waals surface area (Å²) >= 11 is 0. The first-order valence-electron chi connectivity index (χ1n) is 12.4. The van der Waals surface area contributed by atoms with Gasteiger partial charge in [-0.15, -0.1) is 0 Å². The van der Waals surface area contributed by atoms with E-state index in [9.17, 15) is 13.6 Å². The van der Waals surface area contributed by atoms with E-state index < -0.39 is 23.9 Å². The maximum atomic E-state index is 13.9. The highest BCUT2D eigenvalue weighted by atomic mass is 19.1. The molecule has 6 rings (SSSR count). The Balaban J connectivity index is 1.24. The molecule has 0 saturated carbocycles. The molecule has 0 radical (unpaired) electrons. The van der Waals surface area contributed by atoms with Crippen LogP contribution >= 0.6 is 0 Å². The van der Waals surface area contributed by atoms with E-state index in [0.717, 1.165) is 42.7 Å². The standard InChI is InChI=1S/C29H30F2NO4/c30-24-8-4-6-22(18-24)28(23-7-5-9-25(31)19-23)36-29(33)35-27-20-32(14-12-21(27)13-15-32)16-17-34-26-10-2-1-3-11-26/h1-11,18-19,21,27-28H,12-17,20H2/q+1/t21?,27-,32?/m0/s1. The molecule has 7 heteroatoms. The van der Waals surface area contributed by atoms with Gasteiger partial charge in [0.25, 0.3) is 0 Å². The molecule has 3 aliphatic heterocycles. The van der Waals surface area contributed by atoms with Crippen molar-refractivity contribution in [3.8, 4) is 5.75 Å². The average molecular weight is 495 g/mol. The number of hydrogen-bond donors (Lipinski definition) is 0. The smallest absolute Gasteiger partial charge is 0.488 e. The van der Waals surface area contributed by atoms with Gasteiger partial charge >= 0.3 is 6.16 Å². The Morgan fingerprint density at radius 3 is 2.14 bits per heavy atom. The topological polar surface area (TPSA) is 44.8 Å². The van der Waals surface area contributed by atoms with Crippen LogP contribution in [-0.2, 0) is 9.47 Å². The van der Waals surface area contributed by atoms with Crippen LogP contribution < -0.4 is 4.74 Å². The van der Waals surface area contributed by atoms with E-state index in [1.807, 2.05) is 30.3 Å². The second kappa shape index (κ2) is 10.7. The molecule has 3 fully saturated rings. The minimum absolute atomic E-state index is 0.266. The molecule has 36 heavy (non-hydrogen) atoms. The van der Waals surface area contributed by atoms with Gasteiger partial charge in [-0.25, -0.2) is 13.6 Å². The predicted molar refractivity (Wildman–Crippen MR) is 130 cm³/mol. The van der Waals surface area contributed by atoms with Crippen molar-refractivity contribution >= 4 is 6.16 Å². The van der Waals surface area contributed by atoms with Crippen LogP contribution in [0, 0.1) is 17.6 Å². The normalized spacial score (nSPS) is 22.9. The molecule has 3 heterocycles. The van der Waals surface area contributed by atoms with Crippen LogP contribution in [0.5, 0.6) is 5.75 Å². The van der Waals surface area contributed by atoms with Crippen LogP contribution in [0.1, 0.15) is 30.1 Å². The Morgan fingerprint density at radius 2 is 1.53 bits per heavy atom. The number of quaternary nitrogens is 1. The van der Waals surface area contributed by atoms with Crippen molar-refractivity contribution in [3.05, 3.63) is 102 Å². The van der Waals surface area contributed by atoms with Crippen LogP contribution in [0.15, 0.2) is 78.9 Å². The number of halogens is 2. The number of rotatable bonds is 8. The lowest BCUT2D eigenvalue weighted by atomic mass is 9.83. The van der Waals surface area contributed by atoms with E-state index in [1.54, 1.807) is 12.1 Å². The third-order valence-corrected chi connectivity index (χ3v) is 7.38. The number of ether oxygens (including phenoxy) is 3. The number of fused-ring (bicyclic) bond motifs is 3. The molecule has 0 aliphatic carbocycles. The first kappa shape index (κ1) is 24.3. The van der Waals surface area contributed by atoms with E-state index in [4.69, 9.17) is 14.2 Å². The number of carbonyl (C=O) groups excluding carboxylic acids is 1. The van der Waals surface area contributed by atoms with E-state index in [-0.39, 0.29) is 12.0 Å². The zero-order valence-electron chi connectivity index (χ0n) is 20.0. The van der Waals surface area contributed by atoms with Gasteiger partial charge in [0.2, 0.25) is 0 Å². The summed E-state index contributed by atoms with van der Waals surface area (Å²) in [6.45, 7) is 4.21. The lowest BCUT2D eigenvalue weighted by Gasteiger charge is -2.51. The summed E-state index contributed by atoms with van der Waals surface area (Å²) in [5, 5.41) is 0. The summed E-state index contributed by atoms with van der Waals surface area (Å²) in [7, 11) is 0. The molecular formula is C29H30F2NO4+. The van der Waals surface area contributed by atoms with Gasteiger partial charge in [0.05, 0.1) is 13.1 Å². The fraction of sp³-hybridized carbons (Fsp3) is 0.345. The molecule has 0 N–H and O–H groups in total. The van der Waals surface area contributed by atoms with Gasteiger partial charge in [-0.3, -0.25) is 0 Å². The van der Waals surface area contributed by atoms with Crippen molar-refractivity contribution in [1.82, 2.24) is 0 Å². The van der Waals surface area contributed by atoms with Crippen LogP contribution in [0.25, 0.3) is 0 Å². The quantitative estimate of drug-likeness (QED) is 0.289. The fourth-order valence-electron chi connectivity index (χ4n) is 5.46. The molecule has 2 bridgehead atoms. The SMILES string of the molecule is O=C(OC(c1cccc(F)c1)c1cccc(F)c1)O[C@H]1C[N+]2(CCOc3ccccc3)CCC1CC2. The van der Waals surface area contributed by atoms with Crippen molar-refractivity contribution in [3.63, 3.8) is 0 Å². The van der Waals surface area contributed by atoms with Gasteiger partial charge in [-0.05, 0) is 36.4 Å². The highest BCUT2D eigenvalue weighted by molar-refractivity contribution is 5.61. The number of nitrogens with zero attached hydrogens (tertiary/aromatic N) is 1. The number of benzene rings is 3. The summed E-state index contributed by atoms with van der Waals surface area (Å²) in [5.74, 6) is 0.203. The van der Waals surface area contributed by atoms with Gasteiger partial charge in [0.1, 0.15) is 37.1 Å². The molecule has 3 aliphatic rings. The average Bonchev–Trinajstić information content (AvgIpc) is 2.88. The Morgan fingerprint density at radius 1 is 0.889 bits per heavy atom. The Labute approximate surface area is 209 Å². The van der Waals surface area contributed by atoms with Crippen molar-refractivity contribution in [2.24, 2.45) is 5.92 Å².